The Balaban J connectivity index is 2.56. The van der Waals surface area contributed by atoms with E-state index in [-0.39, 0.29) is 35.9 Å². The van der Waals surface area contributed by atoms with E-state index in [1.807, 2.05) is 13.8 Å². The zero-order valence-electron chi connectivity index (χ0n) is 15.4. The summed E-state index contributed by atoms with van der Waals surface area (Å²) in [5, 5.41) is 2.75. The lowest BCUT2D eigenvalue weighted by molar-refractivity contribution is -0.132. The number of likely N-dealkylation sites (N-methyl/N-ethyl adjacent to an activating group) is 1. The number of hydrogen-bond donors (Lipinski definition) is 1. The van der Waals surface area contributed by atoms with Gasteiger partial charge in [-0.25, -0.2) is 0 Å². The number of thioether (sulfide) groups is 1. The number of ether oxygens (including phenoxy) is 1. The molecule has 0 fully saturated rings. The molecule has 0 saturated heterocycles. The number of hydrogen-bond acceptors (Lipinski definition) is 5. The van der Waals surface area contributed by atoms with Gasteiger partial charge in [0.15, 0.2) is 5.78 Å². The summed E-state index contributed by atoms with van der Waals surface area (Å²) in [6, 6.07) is 5.32. The molecule has 0 radical (unpaired) electrons. The Bertz CT molecular complexity index is 632. The Morgan fingerprint density at radius 1 is 1.28 bits per heavy atom. The molecule has 25 heavy (non-hydrogen) atoms. The van der Waals surface area contributed by atoms with Crippen molar-refractivity contribution < 1.29 is 19.1 Å². The minimum atomic E-state index is -0.174. The molecule has 0 spiro atoms. The summed E-state index contributed by atoms with van der Waals surface area (Å²) < 4.78 is 5.30. The first-order valence-electron chi connectivity index (χ1n) is 8.03. The normalized spacial score (nSPS) is 10.5. The van der Waals surface area contributed by atoms with Crippen LogP contribution in [0.15, 0.2) is 18.2 Å². The van der Waals surface area contributed by atoms with Gasteiger partial charge in [-0.3, -0.25) is 14.4 Å². The van der Waals surface area contributed by atoms with E-state index in [1.165, 1.54) is 23.6 Å². The highest BCUT2D eigenvalue weighted by Gasteiger charge is 2.14. The molecule has 0 aliphatic carbocycles. The molecule has 1 N–H and O–H groups in total. The van der Waals surface area contributed by atoms with Gasteiger partial charge in [0.2, 0.25) is 11.8 Å². The summed E-state index contributed by atoms with van der Waals surface area (Å²) in [5.41, 5.74) is 1.48. The van der Waals surface area contributed by atoms with Crippen molar-refractivity contribution in [2.45, 2.75) is 32.6 Å². The van der Waals surface area contributed by atoms with E-state index in [0.717, 1.165) is 5.56 Å². The van der Waals surface area contributed by atoms with Crippen molar-refractivity contribution in [3.8, 4) is 5.75 Å². The molecule has 0 atom stereocenters. The molecule has 7 heteroatoms. The Morgan fingerprint density at radius 2 is 1.96 bits per heavy atom. The molecule has 0 saturated carbocycles. The van der Waals surface area contributed by atoms with Crippen molar-refractivity contribution in [2.24, 2.45) is 0 Å². The number of amides is 2. The van der Waals surface area contributed by atoms with Crippen LogP contribution in [0.4, 0.5) is 0 Å². The van der Waals surface area contributed by atoms with Crippen molar-refractivity contribution in [3.05, 3.63) is 29.3 Å². The van der Waals surface area contributed by atoms with E-state index < -0.39 is 0 Å². The van der Waals surface area contributed by atoms with Crippen molar-refractivity contribution in [3.63, 3.8) is 0 Å². The van der Waals surface area contributed by atoms with Crippen LogP contribution in [-0.2, 0) is 15.3 Å². The van der Waals surface area contributed by atoms with Crippen molar-refractivity contribution in [1.29, 1.82) is 0 Å². The summed E-state index contributed by atoms with van der Waals surface area (Å²) in [4.78, 5) is 36.7. The molecule has 1 aromatic carbocycles. The Morgan fingerprint density at radius 3 is 2.52 bits per heavy atom. The predicted octanol–water partition coefficient (Wildman–Crippen LogP) is 2.11. The highest BCUT2D eigenvalue weighted by atomic mass is 32.2. The van der Waals surface area contributed by atoms with E-state index in [4.69, 9.17) is 4.74 Å². The van der Waals surface area contributed by atoms with E-state index in [2.05, 4.69) is 5.32 Å². The Labute approximate surface area is 153 Å². The zero-order chi connectivity index (χ0) is 19.0. The number of Topliss-reactive ketones (excluding diaryl/α,β-unsaturated/α-hetero) is 1. The summed E-state index contributed by atoms with van der Waals surface area (Å²) in [6.45, 7) is 5.30. The highest BCUT2D eigenvalue weighted by molar-refractivity contribution is 7.99. The molecule has 2 amide bonds. The molecule has 0 aromatic heterocycles. The fourth-order valence-corrected chi connectivity index (χ4v) is 3.08. The second-order valence-electron chi connectivity index (χ2n) is 6.05. The Hall–Kier alpha value is -2.02. The molecular weight excluding hydrogens is 340 g/mol. The van der Waals surface area contributed by atoms with Gasteiger partial charge in [0, 0.05) is 30.0 Å². The third kappa shape index (κ3) is 7.17. The third-order valence-corrected chi connectivity index (χ3v) is 4.39. The first-order valence-corrected chi connectivity index (χ1v) is 9.19. The number of carbonyl (C=O) groups excluding carboxylic acids is 3. The molecule has 1 rings (SSSR count). The van der Waals surface area contributed by atoms with Gasteiger partial charge in [-0.05, 0) is 39.0 Å². The minimum absolute atomic E-state index is 0.0131. The number of carbonyl (C=O) groups is 3. The number of benzene rings is 1. The first kappa shape index (κ1) is 21.0. The van der Waals surface area contributed by atoms with Gasteiger partial charge in [0.1, 0.15) is 5.75 Å². The molecule has 1 aromatic rings. The van der Waals surface area contributed by atoms with E-state index in [9.17, 15) is 14.4 Å². The lowest BCUT2D eigenvalue weighted by atomic mass is 10.1. The maximum Gasteiger partial charge on any atom is 0.239 e. The summed E-state index contributed by atoms with van der Waals surface area (Å²) in [5.74, 6) is 1.17. The third-order valence-electron chi connectivity index (χ3n) is 3.43. The van der Waals surface area contributed by atoms with Gasteiger partial charge in [0.05, 0.1) is 19.4 Å². The van der Waals surface area contributed by atoms with Gasteiger partial charge in [0.25, 0.3) is 0 Å². The van der Waals surface area contributed by atoms with E-state index in [0.29, 0.717) is 17.1 Å². The lowest BCUT2D eigenvalue weighted by Gasteiger charge is -2.18. The topological polar surface area (TPSA) is 75.7 Å². The van der Waals surface area contributed by atoms with Crippen LogP contribution >= 0.6 is 11.8 Å². The summed E-state index contributed by atoms with van der Waals surface area (Å²) >= 11 is 1.42. The average molecular weight is 366 g/mol. The largest absolute Gasteiger partial charge is 0.496 e. The van der Waals surface area contributed by atoms with Crippen LogP contribution in [0, 0.1) is 0 Å². The maximum atomic E-state index is 12.1. The number of nitrogens with one attached hydrogen (secondary N) is 1. The zero-order valence-corrected chi connectivity index (χ0v) is 16.2. The average Bonchev–Trinajstić information content (AvgIpc) is 2.53. The quantitative estimate of drug-likeness (QED) is 0.678. The monoisotopic (exact) mass is 366 g/mol. The molecule has 0 aliphatic heterocycles. The second-order valence-corrected chi connectivity index (χ2v) is 7.03. The number of nitrogens with zero attached hydrogens (tertiary/aromatic N) is 1. The maximum absolute atomic E-state index is 12.1. The van der Waals surface area contributed by atoms with Crippen molar-refractivity contribution in [2.75, 3.05) is 26.5 Å². The van der Waals surface area contributed by atoms with Crippen LogP contribution in [0.25, 0.3) is 0 Å². The SMILES string of the molecule is COc1ccc(C(C)=O)cc1CSCC(=O)N(C)CC(=O)NC(C)C. The van der Waals surface area contributed by atoms with Gasteiger partial charge in [-0.1, -0.05) is 0 Å². The van der Waals surface area contributed by atoms with Gasteiger partial charge in [-0.15, -0.1) is 11.8 Å². The van der Waals surface area contributed by atoms with E-state index >= 15 is 0 Å². The number of rotatable bonds is 9. The molecule has 0 heterocycles. The Kier molecular flexibility index (Phi) is 8.48. The lowest BCUT2D eigenvalue weighted by Crippen LogP contribution is -2.41. The molecule has 138 valence electrons. The van der Waals surface area contributed by atoms with Gasteiger partial charge >= 0.3 is 0 Å². The van der Waals surface area contributed by atoms with Crippen molar-refractivity contribution in [1.82, 2.24) is 10.2 Å². The summed E-state index contributed by atoms with van der Waals surface area (Å²) in [7, 11) is 3.18. The van der Waals surface area contributed by atoms with Crippen LogP contribution in [0.5, 0.6) is 5.75 Å². The number of ketones is 1. The molecule has 0 aliphatic rings. The second kappa shape index (κ2) is 10.1. The molecular formula is C18H26N2O4S. The fourth-order valence-electron chi connectivity index (χ4n) is 2.14. The van der Waals surface area contributed by atoms with Crippen LogP contribution in [-0.4, -0.2) is 55.0 Å². The van der Waals surface area contributed by atoms with Crippen LogP contribution in [0.3, 0.4) is 0 Å². The van der Waals surface area contributed by atoms with E-state index in [1.54, 1.807) is 32.4 Å². The molecule has 0 bridgehead atoms. The fraction of sp³-hybridized carbons (Fsp3) is 0.500. The van der Waals surface area contributed by atoms with Gasteiger partial charge < -0.3 is 15.0 Å². The highest BCUT2D eigenvalue weighted by Crippen LogP contribution is 2.25. The first-order chi connectivity index (χ1) is 11.7. The summed E-state index contributed by atoms with van der Waals surface area (Å²) in [6.07, 6.45) is 0. The predicted molar refractivity (Wildman–Crippen MR) is 100 cm³/mol. The van der Waals surface area contributed by atoms with Crippen LogP contribution in [0.1, 0.15) is 36.7 Å². The molecule has 6 nitrogen and oxygen atoms in total. The standard InChI is InChI=1S/C18H26N2O4S/c1-12(2)19-17(22)9-20(4)18(23)11-25-10-15-8-14(13(3)21)6-7-16(15)24-5/h6-8,12H,9-11H2,1-5H3,(H,19,22). The van der Waals surface area contributed by atoms with Crippen LogP contribution < -0.4 is 10.1 Å². The minimum Gasteiger partial charge on any atom is -0.496 e. The van der Waals surface area contributed by atoms with Crippen LogP contribution in [0.2, 0.25) is 0 Å². The number of methoxy groups -OCH3 is 1. The molecule has 0 unspecified atom stereocenters. The van der Waals surface area contributed by atoms with Gasteiger partial charge in [-0.2, -0.15) is 0 Å². The smallest absolute Gasteiger partial charge is 0.239 e. The van der Waals surface area contributed by atoms with Crippen molar-refractivity contribution >= 4 is 29.4 Å².